The molecule has 0 aromatic rings. The first-order chi connectivity index (χ1) is 8.33. The fraction of sp³-hybridized carbons (Fsp3) is 0.929. The molecule has 4 heteroatoms. The van der Waals surface area contributed by atoms with E-state index < -0.39 is 11.5 Å². The third kappa shape index (κ3) is 5.36. The highest BCUT2D eigenvalue weighted by atomic mass is 16.4. The zero-order chi connectivity index (χ0) is 13.8. The zero-order valence-corrected chi connectivity index (χ0v) is 12.0. The van der Waals surface area contributed by atoms with E-state index in [1.807, 2.05) is 0 Å². The number of aliphatic carboxylic acids is 1. The topological polar surface area (TPSA) is 66.6 Å². The summed E-state index contributed by atoms with van der Waals surface area (Å²) in [4.78, 5) is 13.4. The van der Waals surface area contributed by atoms with Crippen molar-refractivity contribution in [3.8, 4) is 0 Å². The van der Waals surface area contributed by atoms with Crippen molar-refractivity contribution in [3.63, 3.8) is 0 Å². The average Bonchev–Trinajstić information content (AvgIpc) is 3.05. The Hall–Kier alpha value is -0.610. The average molecular weight is 256 g/mol. The molecule has 0 radical (unpaired) electrons. The molecule has 0 amide bonds. The van der Waals surface area contributed by atoms with Crippen LogP contribution < -0.4 is 5.73 Å². The number of carboxylic acid groups (broad SMARTS) is 1. The third-order valence-electron chi connectivity index (χ3n) is 3.80. The van der Waals surface area contributed by atoms with Gasteiger partial charge in [0.05, 0.1) is 0 Å². The Morgan fingerprint density at radius 2 is 2.06 bits per heavy atom. The van der Waals surface area contributed by atoms with Gasteiger partial charge in [-0.25, -0.2) is 0 Å². The zero-order valence-electron chi connectivity index (χ0n) is 12.0. The Bertz CT molecular complexity index is 273. The van der Waals surface area contributed by atoms with Crippen LogP contribution >= 0.6 is 0 Å². The lowest BCUT2D eigenvalue weighted by Gasteiger charge is -2.27. The van der Waals surface area contributed by atoms with E-state index >= 15 is 0 Å². The van der Waals surface area contributed by atoms with Gasteiger partial charge >= 0.3 is 5.97 Å². The van der Waals surface area contributed by atoms with Crippen LogP contribution in [-0.2, 0) is 4.79 Å². The summed E-state index contributed by atoms with van der Waals surface area (Å²) in [5, 5.41) is 8.93. The lowest BCUT2D eigenvalue weighted by molar-refractivity contribution is -0.142. The van der Waals surface area contributed by atoms with Gasteiger partial charge in [-0.05, 0) is 65.3 Å². The van der Waals surface area contributed by atoms with Gasteiger partial charge in [-0.15, -0.1) is 0 Å². The van der Waals surface area contributed by atoms with Crippen LogP contribution in [0.25, 0.3) is 0 Å². The molecular weight excluding hydrogens is 228 g/mol. The molecule has 1 rings (SSSR count). The molecule has 106 valence electrons. The van der Waals surface area contributed by atoms with Crippen LogP contribution in [0.15, 0.2) is 0 Å². The van der Waals surface area contributed by atoms with E-state index in [0.717, 1.165) is 25.3 Å². The highest BCUT2D eigenvalue weighted by Gasteiger charge is 2.28. The standard InChI is InChI=1S/C14H28N2O2/c1-11(2)16(10-12-6-7-12)9-5-4-8-14(3,15)13(17)18/h11-12H,4-10,15H2,1-3H3,(H,17,18). The van der Waals surface area contributed by atoms with Crippen LogP contribution in [0.3, 0.4) is 0 Å². The molecule has 0 aromatic carbocycles. The Labute approximate surface area is 111 Å². The van der Waals surface area contributed by atoms with Gasteiger partial charge in [-0.2, -0.15) is 0 Å². The molecule has 1 fully saturated rings. The second-order valence-electron chi connectivity index (χ2n) is 6.21. The van der Waals surface area contributed by atoms with Gasteiger partial charge in [0.2, 0.25) is 0 Å². The summed E-state index contributed by atoms with van der Waals surface area (Å²) in [6.07, 6.45) is 5.22. The highest BCUT2D eigenvalue weighted by molar-refractivity contribution is 5.77. The van der Waals surface area contributed by atoms with Gasteiger partial charge in [0.25, 0.3) is 0 Å². The van der Waals surface area contributed by atoms with E-state index in [9.17, 15) is 4.79 Å². The maximum absolute atomic E-state index is 10.9. The molecule has 18 heavy (non-hydrogen) atoms. The first-order valence-corrected chi connectivity index (χ1v) is 7.09. The number of carboxylic acids is 1. The number of carbonyl (C=O) groups is 1. The normalized spacial score (nSPS) is 19.2. The van der Waals surface area contributed by atoms with Gasteiger partial charge < -0.3 is 15.7 Å². The number of unbranched alkanes of at least 4 members (excludes halogenated alkanes) is 1. The first kappa shape index (κ1) is 15.4. The van der Waals surface area contributed by atoms with Gasteiger partial charge in [-0.1, -0.05) is 0 Å². The van der Waals surface area contributed by atoms with Crippen molar-refractivity contribution >= 4 is 5.97 Å². The van der Waals surface area contributed by atoms with E-state index in [4.69, 9.17) is 10.8 Å². The fourth-order valence-electron chi connectivity index (χ4n) is 2.11. The Kier molecular flexibility index (Phi) is 5.60. The van der Waals surface area contributed by atoms with Crippen molar-refractivity contribution in [1.82, 2.24) is 4.90 Å². The summed E-state index contributed by atoms with van der Waals surface area (Å²) in [7, 11) is 0. The fourth-order valence-corrected chi connectivity index (χ4v) is 2.11. The van der Waals surface area contributed by atoms with Crippen LogP contribution in [0, 0.1) is 5.92 Å². The molecule has 0 heterocycles. The molecule has 0 bridgehead atoms. The van der Waals surface area contributed by atoms with Crippen molar-refractivity contribution in [1.29, 1.82) is 0 Å². The Morgan fingerprint density at radius 3 is 2.50 bits per heavy atom. The SMILES string of the molecule is CC(C)N(CCCCC(C)(N)C(=O)O)CC1CC1. The van der Waals surface area contributed by atoms with Crippen molar-refractivity contribution in [2.75, 3.05) is 13.1 Å². The van der Waals surface area contributed by atoms with E-state index in [1.165, 1.54) is 19.4 Å². The number of nitrogens with zero attached hydrogens (tertiary/aromatic N) is 1. The van der Waals surface area contributed by atoms with E-state index in [0.29, 0.717) is 12.5 Å². The van der Waals surface area contributed by atoms with Crippen LogP contribution in [0.1, 0.15) is 52.9 Å². The van der Waals surface area contributed by atoms with Crippen molar-refractivity contribution < 1.29 is 9.90 Å². The van der Waals surface area contributed by atoms with E-state index in [1.54, 1.807) is 6.92 Å². The minimum atomic E-state index is -1.07. The Balaban J connectivity index is 2.20. The summed E-state index contributed by atoms with van der Waals surface area (Å²) in [6.45, 7) is 8.32. The van der Waals surface area contributed by atoms with E-state index in [-0.39, 0.29) is 0 Å². The van der Waals surface area contributed by atoms with Crippen LogP contribution in [0.5, 0.6) is 0 Å². The quantitative estimate of drug-likeness (QED) is 0.620. The first-order valence-electron chi connectivity index (χ1n) is 7.09. The van der Waals surface area contributed by atoms with Crippen molar-refractivity contribution in [2.45, 2.75) is 64.5 Å². The van der Waals surface area contributed by atoms with E-state index in [2.05, 4.69) is 18.7 Å². The number of rotatable bonds is 9. The third-order valence-corrected chi connectivity index (χ3v) is 3.80. The number of nitrogens with two attached hydrogens (primary N) is 1. The maximum atomic E-state index is 10.9. The van der Waals surface area contributed by atoms with Crippen LogP contribution in [0.2, 0.25) is 0 Å². The summed E-state index contributed by atoms with van der Waals surface area (Å²) in [5.41, 5.74) is 4.64. The minimum Gasteiger partial charge on any atom is -0.480 e. The molecule has 3 N–H and O–H groups in total. The molecule has 0 aliphatic heterocycles. The summed E-state index contributed by atoms with van der Waals surface area (Å²) < 4.78 is 0. The predicted octanol–water partition coefficient (Wildman–Crippen LogP) is 2.08. The second-order valence-corrected chi connectivity index (χ2v) is 6.21. The van der Waals surface area contributed by atoms with Crippen LogP contribution in [-0.4, -0.2) is 40.6 Å². The van der Waals surface area contributed by atoms with Crippen molar-refractivity contribution in [2.24, 2.45) is 11.7 Å². The molecule has 1 aliphatic carbocycles. The van der Waals surface area contributed by atoms with Crippen LogP contribution in [0.4, 0.5) is 0 Å². The second kappa shape index (κ2) is 6.53. The number of hydrogen-bond donors (Lipinski definition) is 2. The summed E-state index contributed by atoms with van der Waals surface area (Å²) >= 11 is 0. The smallest absolute Gasteiger partial charge is 0.323 e. The molecule has 1 aliphatic rings. The van der Waals surface area contributed by atoms with Crippen molar-refractivity contribution in [3.05, 3.63) is 0 Å². The molecule has 1 unspecified atom stereocenters. The summed E-state index contributed by atoms with van der Waals surface area (Å²) in [5.74, 6) is 0.00684. The van der Waals surface area contributed by atoms with Gasteiger partial charge in [-0.3, -0.25) is 4.79 Å². The lowest BCUT2D eigenvalue weighted by Crippen LogP contribution is -2.44. The largest absolute Gasteiger partial charge is 0.480 e. The maximum Gasteiger partial charge on any atom is 0.323 e. The predicted molar refractivity (Wildman–Crippen MR) is 73.5 cm³/mol. The molecule has 0 saturated heterocycles. The summed E-state index contributed by atoms with van der Waals surface area (Å²) in [6, 6.07) is 0.578. The van der Waals surface area contributed by atoms with Gasteiger partial charge in [0.1, 0.15) is 5.54 Å². The van der Waals surface area contributed by atoms with Gasteiger partial charge in [0.15, 0.2) is 0 Å². The Morgan fingerprint density at radius 1 is 1.44 bits per heavy atom. The highest BCUT2D eigenvalue weighted by Crippen LogP contribution is 2.30. The molecule has 0 aromatic heterocycles. The number of hydrogen-bond acceptors (Lipinski definition) is 3. The van der Waals surface area contributed by atoms with Gasteiger partial charge in [0, 0.05) is 12.6 Å². The lowest BCUT2D eigenvalue weighted by atomic mass is 9.96. The molecule has 1 saturated carbocycles. The molecule has 4 nitrogen and oxygen atoms in total. The molecule has 0 spiro atoms. The molecule has 1 atom stereocenters. The molecular formula is C14H28N2O2. The minimum absolute atomic E-state index is 0.553. The monoisotopic (exact) mass is 256 g/mol.